The molecule has 0 spiro atoms. The Hall–Kier alpha value is -2.01. The molecule has 0 aliphatic carbocycles. The summed E-state index contributed by atoms with van der Waals surface area (Å²) in [6, 6.07) is 5.66. The first kappa shape index (κ1) is 11.1. The van der Waals surface area contributed by atoms with Gasteiger partial charge >= 0.3 is 0 Å². The number of nitrogens with one attached hydrogen (secondary N) is 1. The zero-order valence-corrected chi connectivity index (χ0v) is 10.1. The van der Waals surface area contributed by atoms with E-state index in [0.717, 1.165) is 29.3 Å². The fourth-order valence-electron chi connectivity index (χ4n) is 1.80. The van der Waals surface area contributed by atoms with Gasteiger partial charge in [-0.3, -0.25) is 0 Å². The molecule has 3 rings (SSSR count). The molecule has 0 saturated heterocycles. The first-order valence-corrected chi connectivity index (χ1v) is 5.92. The number of hydrogen-bond donors (Lipinski definition) is 1. The third kappa shape index (κ3) is 2.04. The topological polar surface area (TPSA) is 56.5 Å². The van der Waals surface area contributed by atoms with Crippen LogP contribution in [-0.4, -0.2) is 18.3 Å². The number of fused-ring (bicyclic) bond motifs is 1. The van der Waals surface area contributed by atoms with Crippen molar-refractivity contribution in [3.05, 3.63) is 30.2 Å². The highest BCUT2D eigenvalue weighted by atomic mass is 16.7. The molecule has 2 aromatic rings. The van der Waals surface area contributed by atoms with E-state index in [-0.39, 0.29) is 6.79 Å². The molecule has 0 radical (unpaired) electrons. The average Bonchev–Trinajstić information content (AvgIpc) is 3.04. The van der Waals surface area contributed by atoms with E-state index < -0.39 is 0 Å². The predicted octanol–water partition coefficient (Wildman–Crippen LogP) is 2.18. The maximum Gasteiger partial charge on any atom is 0.231 e. The summed E-state index contributed by atoms with van der Waals surface area (Å²) >= 11 is 0. The van der Waals surface area contributed by atoms with Crippen LogP contribution >= 0.6 is 0 Å². The van der Waals surface area contributed by atoms with Gasteiger partial charge in [0, 0.05) is 12.1 Å². The van der Waals surface area contributed by atoms with Crippen LogP contribution < -0.4 is 14.8 Å². The number of nitrogens with zero attached hydrogens (tertiary/aromatic N) is 1. The molecule has 0 fully saturated rings. The number of benzene rings is 1. The van der Waals surface area contributed by atoms with Gasteiger partial charge in [0.25, 0.3) is 0 Å². The Bertz CT molecular complexity index is 551. The van der Waals surface area contributed by atoms with E-state index in [4.69, 9.17) is 13.9 Å². The van der Waals surface area contributed by atoms with Crippen molar-refractivity contribution in [2.75, 3.05) is 13.3 Å². The second-order valence-corrected chi connectivity index (χ2v) is 3.99. The van der Waals surface area contributed by atoms with Crippen molar-refractivity contribution in [2.24, 2.45) is 0 Å². The van der Waals surface area contributed by atoms with Gasteiger partial charge in [0.1, 0.15) is 6.26 Å². The van der Waals surface area contributed by atoms with Gasteiger partial charge in [-0.15, -0.1) is 0 Å². The van der Waals surface area contributed by atoms with Gasteiger partial charge < -0.3 is 19.2 Å². The molecule has 1 aromatic carbocycles. The van der Waals surface area contributed by atoms with E-state index in [1.165, 1.54) is 0 Å². The number of aromatic nitrogens is 1. The van der Waals surface area contributed by atoms with Crippen LogP contribution in [-0.2, 0) is 6.54 Å². The summed E-state index contributed by atoms with van der Waals surface area (Å²) in [5.41, 5.74) is 1.78. The van der Waals surface area contributed by atoms with Crippen LogP contribution in [0.2, 0.25) is 0 Å². The Morgan fingerprint density at radius 1 is 1.28 bits per heavy atom. The van der Waals surface area contributed by atoms with Crippen molar-refractivity contribution in [3.8, 4) is 23.0 Å². The molecule has 94 valence electrons. The van der Waals surface area contributed by atoms with Gasteiger partial charge in [0.2, 0.25) is 12.7 Å². The van der Waals surface area contributed by atoms with Gasteiger partial charge in [-0.25, -0.2) is 4.98 Å². The van der Waals surface area contributed by atoms with E-state index in [2.05, 4.69) is 17.2 Å². The average molecular weight is 246 g/mol. The van der Waals surface area contributed by atoms with Crippen LogP contribution in [0.1, 0.15) is 12.6 Å². The maximum atomic E-state index is 5.46. The van der Waals surface area contributed by atoms with Crippen molar-refractivity contribution in [1.29, 1.82) is 0 Å². The van der Waals surface area contributed by atoms with Crippen LogP contribution in [0.25, 0.3) is 11.5 Å². The fourth-order valence-corrected chi connectivity index (χ4v) is 1.80. The molecular weight excluding hydrogens is 232 g/mol. The molecule has 0 amide bonds. The smallest absolute Gasteiger partial charge is 0.231 e. The van der Waals surface area contributed by atoms with E-state index in [1.807, 2.05) is 18.2 Å². The molecule has 0 atom stereocenters. The van der Waals surface area contributed by atoms with Gasteiger partial charge in [0.15, 0.2) is 11.5 Å². The van der Waals surface area contributed by atoms with Crippen LogP contribution in [0.4, 0.5) is 0 Å². The largest absolute Gasteiger partial charge is 0.454 e. The summed E-state index contributed by atoms with van der Waals surface area (Å²) in [4.78, 5) is 4.42. The van der Waals surface area contributed by atoms with E-state index >= 15 is 0 Å². The minimum atomic E-state index is 0.274. The highest BCUT2D eigenvalue weighted by molar-refractivity contribution is 5.60. The molecule has 2 heterocycles. The monoisotopic (exact) mass is 246 g/mol. The second-order valence-electron chi connectivity index (χ2n) is 3.99. The number of hydrogen-bond acceptors (Lipinski definition) is 5. The lowest BCUT2D eigenvalue weighted by atomic mass is 10.2. The lowest BCUT2D eigenvalue weighted by molar-refractivity contribution is 0.174. The van der Waals surface area contributed by atoms with Gasteiger partial charge in [-0.1, -0.05) is 6.92 Å². The van der Waals surface area contributed by atoms with Crippen LogP contribution in [0, 0.1) is 0 Å². The lowest BCUT2D eigenvalue weighted by Crippen LogP contribution is -2.11. The Kier molecular flexibility index (Phi) is 2.90. The molecule has 1 aromatic heterocycles. The van der Waals surface area contributed by atoms with Crippen LogP contribution in [0.5, 0.6) is 11.5 Å². The molecule has 5 nitrogen and oxygen atoms in total. The number of ether oxygens (including phenoxy) is 2. The first-order chi connectivity index (χ1) is 8.86. The Morgan fingerprint density at radius 3 is 3.06 bits per heavy atom. The third-order valence-electron chi connectivity index (χ3n) is 2.73. The maximum absolute atomic E-state index is 5.46. The summed E-state index contributed by atoms with van der Waals surface area (Å²) in [7, 11) is 0. The molecule has 1 N–H and O–H groups in total. The Balaban J connectivity index is 1.83. The minimum absolute atomic E-state index is 0.274. The SMILES string of the molecule is CCNCc1coc(-c2ccc3c(c2)OCO3)n1. The lowest BCUT2D eigenvalue weighted by Gasteiger charge is -1.98. The van der Waals surface area contributed by atoms with Crippen molar-refractivity contribution in [3.63, 3.8) is 0 Å². The molecule has 1 aliphatic rings. The zero-order valence-electron chi connectivity index (χ0n) is 10.1. The summed E-state index contributed by atoms with van der Waals surface area (Å²) in [6.07, 6.45) is 1.67. The summed E-state index contributed by atoms with van der Waals surface area (Å²) in [5.74, 6) is 2.10. The fraction of sp³-hybridized carbons (Fsp3) is 0.308. The highest BCUT2D eigenvalue weighted by Crippen LogP contribution is 2.35. The molecule has 0 unspecified atom stereocenters. The molecule has 1 aliphatic heterocycles. The van der Waals surface area contributed by atoms with E-state index in [1.54, 1.807) is 6.26 Å². The van der Waals surface area contributed by atoms with Crippen molar-refractivity contribution in [2.45, 2.75) is 13.5 Å². The summed E-state index contributed by atoms with van der Waals surface area (Å²) in [6.45, 7) is 3.95. The number of oxazole rings is 1. The second kappa shape index (κ2) is 4.70. The Morgan fingerprint density at radius 2 is 2.17 bits per heavy atom. The molecular formula is C13H14N2O3. The molecule has 0 saturated carbocycles. The number of rotatable bonds is 4. The van der Waals surface area contributed by atoms with E-state index in [9.17, 15) is 0 Å². The van der Waals surface area contributed by atoms with Crippen molar-refractivity contribution in [1.82, 2.24) is 10.3 Å². The zero-order chi connectivity index (χ0) is 12.4. The molecule has 0 bridgehead atoms. The third-order valence-corrected chi connectivity index (χ3v) is 2.73. The van der Waals surface area contributed by atoms with Crippen LogP contribution in [0.15, 0.2) is 28.9 Å². The van der Waals surface area contributed by atoms with Crippen molar-refractivity contribution < 1.29 is 13.9 Å². The molecule has 18 heavy (non-hydrogen) atoms. The standard InChI is InChI=1S/C13H14N2O3/c1-2-14-6-10-7-16-13(15-10)9-3-4-11-12(5-9)18-8-17-11/h3-5,7,14H,2,6,8H2,1H3. The van der Waals surface area contributed by atoms with E-state index in [0.29, 0.717) is 12.4 Å². The molecule has 5 heteroatoms. The normalized spacial score (nSPS) is 12.9. The van der Waals surface area contributed by atoms with Crippen molar-refractivity contribution >= 4 is 0 Å². The quantitative estimate of drug-likeness (QED) is 0.896. The Labute approximate surface area is 105 Å². The van der Waals surface area contributed by atoms with Gasteiger partial charge in [-0.2, -0.15) is 0 Å². The highest BCUT2D eigenvalue weighted by Gasteiger charge is 2.15. The summed E-state index contributed by atoms with van der Waals surface area (Å²) in [5, 5.41) is 3.20. The van der Waals surface area contributed by atoms with Gasteiger partial charge in [0.05, 0.1) is 5.69 Å². The first-order valence-electron chi connectivity index (χ1n) is 5.92. The summed E-state index contributed by atoms with van der Waals surface area (Å²) < 4.78 is 16.1. The van der Waals surface area contributed by atoms with Crippen LogP contribution in [0.3, 0.4) is 0 Å². The predicted molar refractivity (Wildman–Crippen MR) is 65.4 cm³/mol. The minimum Gasteiger partial charge on any atom is -0.454 e. The van der Waals surface area contributed by atoms with Gasteiger partial charge in [-0.05, 0) is 24.7 Å².